The second kappa shape index (κ2) is 11.8. The lowest BCUT2D eigenvalue weighted by molar-refractivity contribution is -0.128. The summed E-state index contributed by atoms with van der Waals surface area (Å²) in [6.45, 7) is 5.29. The van der Waals surface area contributed by atoms with Gasteiger partial charge in [-0.05, 0) is 45.2 Å². The maximum atomic E-state index is 13.6. The van der Waals surface area contributed by atoms with E-state index >= 15 is 0 Å². The fourth-order valence-electron chi connectivity index (χ4n) is 5.09. The number of nitrogens with zero attached hydrogens (tertiary/aromatic N) is 2. The van der Waals surface area contributed by atoms with E-state index in [4.69, 9.17) is 9.73 Å². The smallest absolute Gasteiger partial charge is 0.408 e. The molecule has 1 fully saturated rings. The standard InChI is InChI=1S/C30H38N4O4/c1-30(2,3)38-29(37)31-23(19-20-13-7-5-8-14-20)27(35)33-26-28(36)34(4)24-18-12-11-17-22(24)25(32-26)21-15-9-6-10-16-21/h5,7-8,11-14,17-18,21,23,26H,6,9-10,15-16,19H2,1-4H3,(H,31,37)(H,33,35). The Morgan fingerprint density at radius 2 is 1.68 bits per heavy atom. The van der Waals surface area contributed by atoms with Gasteiger partial charge in [-0.15, -0.1) is 0 Å². The van der Waals surface area contributed by atoms with E-state index in [-0.39, 0.29) is 18.2 Å². The average Bonchev–Trinajstić information content (AvgIpc) is 2.99. The van der Waals surface area contributed by atoms with E-state index in [9.17, 15) is 14.4 Å². The molecule has 2 atom stereocenters. The van der Waals surface area contributed by atoms with Crippen molar-refractivity contribution in [1.29, 1.82) is 0 Å². The minimum absolute atomic E-state index is 0.226. The van der Waals surface area contributed by atoms with E-state index in [1.807, 2.05) is 54.6 Å². The van der Waals surface area contributed by atoms with Gasteiger partial charge in [-0.1, -0.05) is 67.8 Å². The van der Waals surface area contributed by atoms with E-state index in [1.54, 1.807) is 32.7 Å². The van der Waals surface area contributed by atoms with Gasteiger partial charge >= 0.3 is 6.09 Å². The molecule has 1 aliphatic carbocycles. The number of hydrogen-bond donors (Lipinski definition) is 2. The van der Waals surface area contributed by atoms with Crippen LogP contribution in [0.1, 0.15) is 64.0 Å². The van der Waals surface area contributed by atoms with Crippen LogP contribution in [0.25, 0.3) is 0 Å². The molecule has 1 saturated carbocycles. The van der Waals surface area contributed by atoms with Gasteiger partial charge in [0, 0.05) is 24.9 Å². The first-order valence-corrected chi connectivity index (χ1v) is 13.4. The summed E-state index contributed by atoms with van der Waals surface area (Å²) in [7, 11) is 1.71. The number of benzene rings is 2. The van der Waals surface area contributed by atoms with Crippen LogP contribution in [0.3, 0.4) is 0 Å². The molecule has 1 heterocycles. The van der Waals surface area contributed by atoms with Crippen molar-refractivity contribution >= 4 is 29.3 Å². The minimum atomic E-state index is -1.10. The number of hydrogen-bond acceptors (Lipinski definition) is 5. The molecule has 0 spiro atoms. The lowest BCUT2D eigenvalue weighted by atomic mass is 9.83. The Morgan fingerprint density at radius 3 is 2.37 bits per heavy atom. The first-order valence-electron chi connectivity index (χ1n) is 13.4. The molecule has 0 bridgehead atoms. The van der Waals surface area contributed by atoms with E-state index < -0.39 is 29.8 Å². The lowest BCUT2D eigenvalue weighted by Crippen LogP contribution is -2.54. The number of anilines is 1. The zero-order chi connectivity index (χ0) is 27.3. The summed E-state index contributed by atoms with van der Waals surface area (Å²) < 4.78 is 5.41. The fraction of sp³-hybridized carbons (Fsp3) is 0.467. The maximum absolute atomic E-state index is 13.6. The molecule has 3 amide bonds. The van der Waals surface area contributed by atoms with Crippen LogP contribution in [0.2, 0.25) is 0 Å². The molecule has 2 unspecified atom stereocenters. The van der Waals surface area contributed by atoms with Crippen molar-refractivity contribution in [2.45, 2.75) is 77.1 Å². The number of carbonyl (C=O) groups is 3. The largest absolute Gasteiger partial charge is 0.444 e. The number of likely N-dealkylation sites (N-methyl/N-ethyl adjacent to an activating group) is 1. The van der Waals surface area contributed by atoms with E-state index in [0.717, 1.165) is 48.2 Å². The SMILES string of the molecule is CN1C(=O)C(NC(=O)C(Cc2ccccc2)NC(=O)OC(C)(C)C)N=C(C2CCCCC2)c2ccccc21. The van der Waals surface area contributed by atoms with Gasteiger partial charge in [0.2, 0.25) is 12.1 Å². The number of aliphatic imine (C=N–C) groups is 1. The molecule has 8 heteroatoms. The Labute approximate surface area is 224 Å². The Hall–Kier alpha value is -3.68. The second-order valence-electron chi connectivity index (χ2n) is 11.1. The van der Waals surface area contributed by atoms with Crippen LogP contribution in [-0.4, -0.2) is 48.5 Å². The van der Waals surface area contributed by atoms with Gasteiger partial charge in [-0.3, -0.25) is 14.6 Å². The van der Waals surface area contributed by atoms with Crippen LogP contribution in [0, 0.1) is 5.92 Å². The first kappa shape index (κ1) is 27.4. The Balaban J connectivity index is 1.62. The highest BCUT2D eigenvalue weighted by atomic mass is 16.6. The number of nitrogens with one attached hydrogen (secondary N) is 2. The number of carbonyl (C=O) groups excluding carboxylic acids is 3. The molecule has 0 radical (unpaired) electrons. The molecular weight excluding hydrogens is 480 g/mol. The molecule has 2 N–H and O–H groups in total. The molecular formula is C30H38N4O4. The molecule has 1 aliphatic heterocycles. The van der Waals surface area contributed by atoms with Crippen LogP contribution >= 0.6 is 0 Å². The highest BCUT2D eigenvalue weighted by Gasteiger charge is 2.35. The summed E-state index contributed by atoms with van der Waals surface area (Å²) >= 11 is 0. The predicted octanol–water partition coefficient (Wildman–Crippen LogP) is 4.61. The van der Waals surface area contributed by atoms with Gasteiger partial charge in [0.1, 0.15) is 11.6 Å². The molecule has 2 aromatic rings. The van der Waals surface area contributed by atoms with Gasteiger partial charge in [0.25, 0.3) is 5.91 Å². The normalized spacial score (nSPS) is 19.1. The van der Waals surface area contributed by atoms with Gasteiger partial charge in [0.05, 0.1) is 11.4 Å². The molecule has 38 heavy (non-hydrogen) atoms. The highest BCUT2D eigenvalue weighted by molar-refractivity contribution is 6.14. The number of amides is 3. The quantitative estimate of drug-likeness (QED) is 0.583. The van der Waals surface area contributed by atoms with Crippen molar-refractivity contribution < 1.29 is 19.1 Å². The van der Waals surface area contributed by atoms with Gasteiger partial charge < -0.3 is 20.3 Å². The topological polar surface area (TPSA) is 100 Å². The fourth-order valence-corrected chi connectivity index (χ4v) is 5.09. The van der Waals surface area contributed by atoms with Crippen molar-refractivity contribution in [1.82, 2.24) is 10.6 Å². The van der Waals surface area contributed by atoms with Crippen LogP contribution in [-0.2, 0) is 20.7 Å². The molecule has 2 aliphatic rings. The maximum Gasteiger partial charge on any atom is 0.408 e. The summed E-state index contributed by atoms with van der Waals surface area (Å²) in [5, 5.41) is 5.54. The molecule has 202 valence electrons. The minimum Gasteiger partial charge on any atom is -0.444 e. The summed E-state index contributed by atoms with van der Waals surface area (Å²) in [6, 6.07) is 16.2. The highest BCUT2D eigenvalue weighted by Crippen LogP contribution is 2.33. The number of benzodiazepines with no additional fused rings is 1. The number of fused-ring (bicyclic) bond motifs is 1. The Morgan fingerprint density at radius 1 is 1.03 bits per heavy atom. The van der Waals surface area contributed by atoms with Gasteiger partial charge in [0.15, 0.2) is 0 Å². The van der Waals surface area contributed by atoms with Crippen molar-refractivity contribution in [2.24, 2.45) is 10.9 Å². The zero-order valence-corrected chi connectivity index (χ0v) is 22.7. The van der Waals surface area contributed by atoms with Crippen molar-refractivity contribution in [3.63, 3.8) is 0 Å². The molecule has 0 saturated heterocycles. The summed E-state index contributed by atoms with van der Waals surface area (Å²) in [5.74, 6) is -0.597. The third-order valence-corrected chi connectivity index (χ3v) is 6.93. The van der Waals surface area contributed by atoms with Crippen molar-refractivity contribution in [3.05, 3.63) is 65.7 Å². The molecule has 8 nitrogen and oxygen atoms in total. The zero-order valence-electron chi connectivity index (χ0n) is 22.7. The van der Waals surface area contributed by atoms with E-state index in [1.165, 1.54) is 6.42 Å². The van der Waals surface area contributed by atoms with Gasteiger partial charge in [-0.2, -0.15) is 0 Å². The molecule has 2 aromatic carbocycles. The molecule has 4 rings (SSSR count). The van der Waals surface area contributed by atoms with Crippen molar-refractivity contribution in [3.8, 4) is 0 Å². The van der Waals surface area contributed by atoms with Crippen LogP contribution in [0.4, 0.5) is 10.5 Å². The third-order valence-electron chi connectivity index (χ3n) is 6.93. The van der Waals surface area contributed by atoms with E-state index in [2.05, 4.69) is 10.6 Å². The van der Waals surface area contributed by atoms with Gasteiger partial charge in [-0.25, -0.2) is 4.79 Å². The van der Waals surface area contributed by atoms with Crippen LogP contribution in [0.5, 0.6) is 0 Å². The number of ether oxygens (including phenoxy) is 1. The van der Waals surface area contributed by atoms with Crippen LogP contribution < -0.4 is 15.5 Å². The third kappa shape index (κ3) is 6.79. The summed E-state index contributed by atoms with van der Waals surface area (Å²) in [6.07, 6.45) is 3.87. The summed E-state index contributed by atoms with van der Waals surface area (Å²) in [5.41, 5.74) is 2.73. The Kier molecular flexibility index (Phi) is 8.49. The Bertz CT molecular complexity index is 1180. The molecule has 0 aromatic heterocycles. The van der Waals surface area contributed by atoms with Crippen molar-refractivity contribution in [2.75, 3.05) is 11.9 Å². The average molecular weight is 519 g/mol. The summed E-state index contributed by atoms with van der Waals surface area (Å²) in [4.78, 5) is 46.2. The predicted molar refractivity (Wildman–Crippen MR) is 148 cm³/mol. The number of para-hydroxylation sites is 1. The lowest BCUT2D eigenvalue weighted by Gasteiger charge is -2.25. The number of alkyl carbamates (subject to hydrolysis) is 1. The monoisotopic (exact) mass is 518 g/mol. The van der Waals surface area contributed by atoms with E-state index in [0.29, 0.717) is 0 Å². The first-order chi connectivity index (χ1) is 18.1. The van der Waals surface area contributed by atoms with Crippen LogP contribution in [0.15, 0.2) is 59.6 Å². The number of rotatable bonds is 6. The second-order valence-corrected chi connectivity index (χ2v) is 11.1.